The highest BCUT2D eigenvalue weighted by Crippen LogP contribution is 2.25. The van der Waals surface area contributed by atoms with E-state index in [1.54, 1.807) is 30.3 Å². The van der Waals surface area contributed by atoms with Gasteiger partial charge in [-0.1, -0.05) is 53.0 Å². The Morgan fingerprint density at radius 1 is 0.957 bits per heavy atom. The van der Waals surface area contributed by atoms with E-state index in [0.717, 1.165) is 0 Å². The number of carbonyl (C=O) groups is 2. The number of halogens is 3. The summed E-state index contributed by atoms with van der Waals surface area (Å²) in [5.74, 6) is -1.88. The largest absolute Gasteiger partial charge is 0.329 e. The van der Waals surface area contributed by atoms with Crippen LogP contribution in [0.5, 0.6) is 0 Å². The van der Waals surface area contributed by atoms with Crippen LogP contribution in [0.25, 0.3) is 0 Å². The van der Waals surface area contributed by atoms with Gasteiger partial charge in [-0.05, 0) is 24.3 Å². The first kappa shape index (κ1) is 17.3. The minimum Gasteiger partial charge on any atom is -0.316 e. The lowest BCUT2D eigenvalue weighted by atomic mass is 10.2. The lowest BCUT2D eigenvalue weighted by Gasteiger charge is -2.06. The number of hydrazone groups is 1. The quantitative estimate of drug-likeness (QED) is 0.491. The Hall–Kier alpha value is -2.08. The summed E-state index contributed by atoms with van der Waals surface area (Å²) in [5.41, 5.74) is 2.93. The van der Waals surface area contributed by atoms with Crippen molar-refractivity contribution in [1.29, 1.82) is 0 Å². The minimum absolute atomic E-state index is 0.231. The molecular formula is C15H10Cl3N3O2. The van der Waals surface area contributed by atoms with Gasteiger partial charge in [0, 0.05) is 15.6 Å². The molecule has 2 aromatic rings. The van der Waals surface area contributed by atoms with Crippen molar-refractivity contribution >= 4 is 58.5 Å². The molecule has 2 amide bonds. The summed E-state index contributed by atoms with van der Waals surface area (Å²) in [7, 11) is 0. The number of hydrogen-bond acceptors (Lipinski definition) is 3. The van der Waals surface area contributed by atoms with E-state index >= 15 is 0 Å². The third-order valence-corrected chi connectivity index (χ3v) is 3.57. The number of rotatable bonds is 3. The lowest BCUT2D eigenvalue weighted by Crippen LogP contribution is -2.32. The minimum atomic E-state index is -0.954. The zero-order chi connectivity index (χ0) is 16.8. The molecule has 0 fully saturated rings. The van der Waals surface area contributed by atoms with E-state index in [2.05, 4.69) is 15.8 Å². The molecule has 0 unspecified atom stereocenters. The van der Waals surface area contributed by atoms with E-state index in [0.29, 0.717) is 15.6 Å². The van der Waals surface area contributed by atoms with Crippen molar-refractivity contribution in [1.82, 2.24) is 5.43 Å². The summed E-state index contributed by atoms with van der Waals surface area (Å²) in [5, 5.41) is 7.13. The molecule has 118 valence electrons. The molecule has 2 N–H and O–H groups in total. The fraction of sp³-hybridized carbons (Fsp3) is 0. The molecule has 8 heteroatoms. The van der Waals surface area contributed by atoms with Crippen LogP contribution in [0.15, 0.2) is 47.6 Å². The average Bonchev–Trinajstić information content (AvgIpc) is 2.52. The van der Waals surface area contributed by atoms with Gasteiger partial charge in [0.1, 0.15) is 0 Å². The fourth-order valence-electron chi connectivity index (χ4n) is 1.56. The summed E-state index contributed by atoms with van der Waals surface area (Å²) in [4.78, 5) is 23.4. The van der Waals surface area contributed by atoms with Crippen LogP contribution in [0.1, 0.15) is 5.56 Å². The molecule has 0 radical (unpaired) electrons. The van der Waals surface area contributed by atoms with Gasteiger partial charge in [0.25, 0.3) is 0 Å². The number of nitrogens with one attached hydrogen (secondary N) is 2. The molecule has 0 saturated carbocycles. The Labute approximate surface area is 147 Å². The van der Waals surface area contributed by atoms with Crippen molar-refractivity contribution < 1.29 is 9.59 Å². The van der Waals surface area contributed by atoms with Crippen LogP contribution < -0.4 is 10.7 Å². The maximum atomic E-state index is 11.8. The zero-order valence-electron chi connectivity index (χ0n) is 11.5. The van der Waals surface area contributed by atoms with Crippen LogP contribution >= 0.6 is 34.8 Å². The van der Waals surface area contributed by atoms with Crippen molar-refractivity contribution in [2.45, 2.75) is 0 Å². The first-order valence-electron chi connectivity index (χ1n) is 6.31. The SMILES string of the molecule is O=C(NN=Cc1ccccc1Cl)C(=O)Nc1cc(Cl)ccc1Cl. The van der Waals surface area contributed by atoms with Crippen molar-refractivity contribution in [3.8, 4) is 0 Å². The number of anilines is 1. The van der Waals surface area contributed by atoms with Crippen molar-refractivity contribution in [2.24, 2.45) is 5.10 Å². The third kappa shape index (κ3) is 4.96. The van der Waals surface area contributed by atoms with E-state index in [1.165, 1.54) is 18.3 Å². The van der Waals surface area contributed by atoms with Gasteiger partial charge in [-0.25, -0.2) is 5.43 Å². The number of carbonyl (C=O) groups excluding carboxylic acids is 2. The predicted molar refractivity (Wildman–Crippen MR) is 92.3 cm³/mol. The van der Waals surface area contributed by atoms with Gasteiger partial charge in [-0.15, -0.1) is 0 Å². The fourth-order valence-corrected chi connectivity index (χ4v) is 2.08. The number of amides is 2. The van der Waals surface area contributed by atoms with E-state index in [-0.39, 0.29) is 10.7 Å². The van der Waals surface area contributed by atoms with Gasteiger partial charge in [0.05, 0.1) is 16.9 Å². The van der Waals surface area contributed by atoms with Gasteiger partial charge in [-0.2, -0.15) is 5.10 Å². The van der Waals surface area contributed by atoms with E-state index in [1.807, 2.05) is 0 Å². The summed E-state index contributed by atoms with van der Waals surface area (Å²) >= 11 is 17.6. The Morgan fingerprint density at radius 2 is 1.70 bits per heavy atom. The maximum Gasteiger partial charge on any atom is 0.329 e. The van der Waals surface area contributed by atoms with Crippen LogP contribution in [0.4, 0.5) is 5.69 Å². The zero-order valence-corrected chi connectivity index (χ0v) is 13.8. The molecule has 0 aliphatic rings. The third-order valence-electron chi connectivity index (χ3n) is 2.66. The Kier molecular flexibility index (Phi) is 5.98. The molecule has 2 rings (SSSR count). The molecule has 0 heterocycles. The first-order chi connectivity index (χ1) is 11.0. The Balaban J connectivity index is 1.97. The smallest absolute Gasteiger partial charge is 0.316 e. The number of nitrogens with zero attached hydrogens (tertiary/aromatic N) is 1. The Bertz CT molecular complexity index is 778. The first-order valence-corrected chi connectivity index (χ1v) is 7.44. The second-order valence-electron chi connectivity index (χ2n) is 4.30. The second kappa shape index (κ2) is 7.97. The van der Waals surface area contributed by atoms with Crippen molar-refractivity contribution in [3.63, 3.8) is 0 Å². The van der Waals surface area contributed by atoms with Crippen LogP contribution in [-0.2, 0) is 9.59 Å². The van der Waals surface area contributed by atoms with Gasteiger partial charge < -0.3 is 5.32 Å². The standard InChI is InChI=1S/C15H10Cl3N3O2/c16-10-5-6-12(18)13(7-10)20-14(22)15(23)21-19-8-9-3-1-2-4-11(9)17/h1-8H,(H,20,22)(H,21,23). The summed E-state index contributed by atoms with van der Waals surface area (Å²) < 4.78 is 0. The average molecular weight is 371 g/mol. The van der Waals surface area contributed by atoms with Crippen LogP contribution in [-0.4, -0.2) is 18.0 Å². The van der Waals surface area contributed by atoms with Gasteiger partial charge in [-0.3, -0.25) is 9.59 Å². The van der Waals surface area contributed by atoms with Gasteiger partial charge >= 0.3 is 11.8 Å². The molecule has 0 bridgehead atoms. The maximum absolute atomic E-state index is 11.8. The van der Waals surface area contributed by atoms with Gasteiger partial charge in [0.15, 0.2) is 0 Å². The van der Waals surface area contributed by atoms with Crippen molar-refractivity contribution in [2.75, 3.05) is 5.32 Å². The predicted octanol–water partition coefficient (Wildman–Crippen LogP) is 3.74. The molecular weight excluding hydrogens is 361 g/mol. The number of hydrogen-bond donors (Lipinski definition) is 2. The molecule has 23 heavy (non-hydrogen) atoms. The molecule has 0 spiro atoms. The molecule has 0 atom stereocenters. The summed E-state index contributed by atoms with van der Waals surface area (Å²) in [6, 6.07) is 11.4. The lowest BCUT2D eigenvalue weighted by molar-refractivity contribution is -0.136. The topological polar surface area (TPSA) is 70.6 Å². The second-order valence-corrected chi connectivity index (χ2v) is 5.55. The Morgan fingerprint density at radius 3 is 2.43 bits per heavy atom. The molecule has 0 saturated heterocycles. The van der Waals surface area contributed by atoms with Crippen molar-refractivity contribution in [3.05, 3.63) is 63.1 Å². The molecule has 5 nitrogen and oxygen atoms in total. The van der Waals surface area contributed by atoms with E-state index in [9.17, 15) is 9.59 Å². The number of benzene rings is 2. The molecule has 0 aliphatic heterocycles. The monoisotopic (exact) mass is 369 g/mol. The molecule has 0 aromatic heterocycles. The molecule has 2 aromatic carbocycles. The van der Waals surface area contributed by atoms with Crippen LogP contribution in [0.2, 0.25) is 15.1 Å². The highest BCUT2D eigenvalue weighted by atomic mass is 35.5. The summed E-state index contributed by atoms with van der Waals surface area (Å²) in [6.07, 6.45) is 1.33. The highest BCUT2D eigenvalue weighted by molar-refractivity contribution is 6.42. The van der Waals surface area contributed by atoms with Gasteiger partial charge in [0.2, 0.25) is 0 Å². The summed E-state index contributed by atoms with van der Waals surface area (Å²) in [6.45, 7) is 0. The molecule has 0 aliphatic carbocycles. The van der Waals surface area contributed by atoms with E-state index in [4.69, 9.17) is 34.8 Å². The van der Waals surface area contributed by atoms with E-state index < -0.39 is 11.8 Å². The normalized spacial score (nSPS) is 10.6. The highest BCUT2D eigenvalue weighted by Gasteiger charge is 2.14. The van der Waals surface area contributed by atoms with Crippen LogP contribution in [0, 0.1) is 0 Å². The van der Waals surface area contributed by atoms with Crippen LogP contribution in [0.3, 0.4) is 0 Å².